The van der Waals surface area contributed by atoms with Crippen molar-refractivity contribution in [1.29, 1.82) is 0 Å². The van der Waals surface area contributed by atoms with Crippen molar-refractivity contribution >= 4 is 24.2 Å². The predicted octanol–water partition coefficient (Wildman–Crippen LogP) is 4.25. The average Bonchev–Trinajstić information content (AvgIpc) is 3.43. The van der Waals surface area contributed by atoms with Gasteiger partial charge >= 0.3 is 0 Å². The fourth-order valence-electron chi connectivity index (χ4n) is 3.75. The lowest BCUT2D eigenvalue weighted by Gasteiger charge is -2.32. The van der Waals surface area contributed by atoms with Gasteiger partial charge in [0.25, 0.3) is 5.91 Å². The fourth-order valence-corrected chi connectivity index (χ4v) is 3.85. The Morgan fingerprint density at radius 1 is 1.24 bits per heavy atom. The Kier molecular flexibility index (Phi) is 6.42. The minimum atomic E-state index is 0.0573. The Morgan fingerprint density at radius 2 is 1.83 bits per heavy atom. The molecule has 3 rings (SSSR count). The maximum Gasteiger partial charge on any atom is 0.254 e. The molecular formula is C22H30ClN5O. The average molecular weight is 416 g/mol. The molecule has 1 saturated carbocycles. The van der Waals surface area contributed by atoms with E-state index in [4.69, 9.17) is 11.6 Å². The number of carbonyl (C=O) groups is 1. The number of nitrogens with zero attached hydrogens (tertiary/aromatic N) is 4. The van der Waals surface area contributed by atoms with Crippen molar-refractivity contribution in [3.8, 4) is 0 Å². The Morgan fingerprint density at radius 3 is 2.31 bits per heavy atom. The molecule has 7 heteroatoms. The van der Waals surface area contributed by atoms with Gasteiger partial charge in [0.1, 0.15) is 11.6 Å². The van der Waals surface area contributed by atoms with E-state index in [1.165, 1.54) is 0 Å². The van der Waals surface area contributed by atoms with Crippen LogP contribution in [-0.4, -0.2) is 46.1 Å². The lowest BCUT2D eigenvalue weighted by atomic mass is 9.94. The Bertz CT molecular complexity index is 842. The zero-order valence-electron chi connectivity index (χ0n) is 17.8. The Labute approximate surface area is 178 Å². The third-order valence-electron chi connectivity index (χ3n) is 5.81. The van der Waals surface area contributed by atoms with Crippen LogP contribution in [-0.2, 0) is 4.79 Å². The van der Waals surface area contributed by atoms with Crippen LogP contribution in [0.15, 0.2) is 39.9 Å². The first-order chi connectivity index (χ1) is 13.7. The Balaban J connectivity index is 1.73. The molecule has 0 atom stereocenters. The van der Waals surface area contributed by atoms with Crippen LogP contribution in [0, 0.1) is 0 Å². The van der Waals surface area contributed by atoms with Gasteiger partial charge in [-0.25, -0.2) is 15.0 Å². The van der Waals surface area contributed by atoms with Crippen LogP contribution in [0.4, 0.5) is 0 Å². The molecule has 1 aliphatic carbocycles. The van der Waals surface area contributed by atoms with Crippen molar-refractivity contribution in [2.75, 3.05) is 13.1 Å². The summed E-state index contributed by atoms with van der Waals surface area (Å²) < 4.78 is 0. The van der Waals surface area contributed by atoms with Gasteiger partial charge in [0, 0.05) is 48.1 Å². The van der Waals surface area contributed by atoms with E-state index < -0.39 is 0 Å². The Hall–Kier alpha value is -2.21. The van der Waals surface area contributed by atoms with Crippen LogP contribution < -0.4 is 5.32 Å². The monoisotopic (exact) mass is 415 g/mol. The molecule has 1 aliphatic heterocycles. The number of halogens is 1. The molecule has 2 fully saturated rings. The summed E-state index contributed by atoms with van der Waals surface area (Å²) in [5, 5.41) is 4.00. The van der Waals surface area contributed by atoms with Crippen LogP contribution in [0.5, 0.6) is 0 Å². The molecular weight excluding hydrogens is 386 g/mol. The van der Waals surface area contributed by atoms with Crippen molar-refractivity contribution in [3.63, 3.8) is 0 Å². The summed E-state index contributed by atoms with van der Waals surface area (Å²) in [7, 11) is 0. The zero-order valence-corrected chi connectivity index (χ0v) is 18.5. The quantitative estimate of drug-likeness (QED) is 0.428. The summed E-state index contributed by atoms with van der Waals surface area (Å²) in [5.41, 5.74) is 2.65. The summed E-state index contributed by atoms with van der Waals surface area (Å²) in [6.45, 7) is 13.2. The predicted molar refractivity (Wildman–Crippen MR) is 117 cm³/mol. The number of likely N-dealkylation sites (tertiary alicyclic amines) is 1. The molecule has 1 N–H and O–H groups in total. The number of aromatic nitrogens is 2. The molecule has 1 aromatic heterocycles. The van der Waals surface area contributed by atoms with Crippen molar-refractivity contribution in [3.05, 3.63) is 45.8 Å². The second-order valence-electron chi connectivity index (χ2n) is 8.52. The number of hydrogen-bond donors (Lipinski definition) is 1. The molecule has 1 aromatic rings. The van der Waals surface area contributed by atoms with Crippen molar-refractivity contribution in [2.24, 2.45) is 4.99 Å². The maximum absolute atomic E-state index is 13.4. The highest BCUT2D eigenvalue weighted by Gasteiger charge is 2.38. The van der Waals surface area contributed by atoms with Crippen molar-refractivity contribution in [1.82, 2.24) is 20.2 Å². The van der Waals surface area contributed by atoms with Gasteiger partial charge in [-0.1, -0.05) is 17.2 Å². The molecule has 2 heterocycles. The van der Waals surface area contributed by atoms with Gasteiger partial charge in [0.2, 0.25) is 0 Å². The molecule has 0 aromatic carbocycles. The first-order valence-corrected chi connectivity index (χ1v) is 10.5. The molecule has 1 amide bonds. The van der Waals surface area contributed by atoms with Gasteiger partial charge in [-0.05, 0) is 60.1 Å². The van der Waals surface area contributed by atoms with Gasteiger partial charge < -0.3 is 10.2 Å². The van der Waals surface area contributed by atoms with Gasteiger partial charge in [-0.2, -0.15) is 0 Å². The molecule has 1 saturated heterocycles. The molecule has 0 radical (unpaired) electrons. The van der Waals surface area contributed by atoms with Crippen LogP contribution in [0.2, 0.25) is 5.02 Å². The highest BCUT2D eigenvalue weighted by atomic mass is 35.5. The summed E-state index contributed by atoms with van der Waals surface area (Å²) in [6.07, 6.45) is 7.17. The van der Waals surface area contributed by atoms with E-state index in [0.717, 1.165) is 48.2 Å². The van der Waals surface area contributed by atoms with Gasteiger partial charge in [-0.15, -0.1) is 0 Å². The highest BCUT2D eigenvalue weighted by Crippen LogP contribution is 2.36. The molecule has 6 nitrogen and oxygen atoms in total. The van der Waals surface area contributed by atoms with E-state index >= 15 is 0 Å². The number of nitrogens with one attached hydrogen (secondary N) is 1. The number of aliphatic imine (C=N–C) groups is 1. The van der Waals surface area contributed by atoms with E-state index in [-0.39, 0.29) is 17.4 Å². The number of hydrogen-bond acceptors (Lipinski definition) is 5. The second-order valence-corrected chi connectivity index (χ2v) is 8.95. The normalized spacial score (nSPS) is 19.3. The van der Waals surface area contributed by atoms with Gasteiger partial charge in [0.15, 0.2) is 0 Å². The van der Waals surface area contributed by atoms with Crippen molar-refractivity contribution in [2.45, 2.75) is 64.8 Å². The first-order valence-electron chi connectivity index (χ1n) is 10.1. The van der Waals surface area contributed by atoms with Crippen LogP contribution in [0.25, 0.3) is 0 Å². The molecule has 0 spiro atoms. The summed E-state index contributed by atoms with van der Waals surface area (Å²) in [6, 6.07) is 0. The molecule has 0 unspecified atom stereocenters. The summed E-state index contributed by atoms with van der Waals surface area (Å²) >= 11 is 5.89. The number of amides is 1. The van der Waals surface area contributed by atoms with E-state index in [0.29, 0.717) is 23.9 Å². The van der Waals surface area contributed by atoms with Crippen LogP contribution in [0.3, 0.4) is 0 Å². The lowest BCUT2D eigenvalue weighted by molar-refractivity contribution is -0.128. The number of piperidine rings is 1. The highest BCUT2D eigenvalue weighted by molar-refractivity contribution is 6.30. The SMILES string of the molecule is C=N/C(NC1(C)CC1)=C(\C)C(C(=O)N1CCC(c2ncc(Cl)cn2)CC1)=C(C)C. The summed E-state index contributed by atoms with van der Waals surface area (Å²) in [4.78, 5) is 28.2. The third kappa shape index (κ3) is 5.04. The molecule has 2 aliphatic rings. The fraction of sp³-hybridized carbons (Fsp3) is 0.545. The largest absolute Gasteiger partial charge is 0.365 e. The minimum Gasteiger partial charge on any atom is -0.365 e. The van der Waals surface area contributed by atoms with Gasteiger partial charge in [0.05, 0.1) is 5.02 Å². The molecule has 0 bridgehead atoms. The van der Waals surface area contributed by atoms with E-state index in [1.807, 2.05) is 25.7 Å². The lowest BCUT2D eigenvalue weighted by Crippen LogP contribution is -2.40. The van der Waals surface area contributed by atoms with E-state index in [9.17, 15) is 4.79 Å². The third-order valence-corrected chi connectivity index (χ3v) is 6.01. The topological polar surface area (TPSA) is 70.5 Å². The van der Waals surface area contributed by atoms with E-state index in [1.54, 1.807) is 12.4 Å². The van der Waals surface area contributed by atoms with Crippen LogP contribution >= 0.6 is 11.6 Å². The standard InChI is InChI=1S/C22H30ClN5O/c1-14(2)18(15(3)19(24-5)27-22(4)8-9-22)21(29)28-10-6-16(7-11-28)20-25-12-17(23)13-26-20/h12-13,16,27H,5-11H2,1-4H3/b19-15-. The molecule has 156 valence electrons. The second kappa shape index (κ2) is 8.66. The maximum atomic E-state index is 13.4. The van der Waals surface area contributed by atoms with Gasteiger partial charge in [-0.3, -0.25) is 4.79 Å². The minimum absolute atomic E-state index is 0.0573. The smallest absolute Gasteiger partial charge is 0.254 e. The van der Waals surface area contributed by atoms with Crippen LogP contribution in [0.1, 0.15) is 65.1 Å². The molecule has 29 heavy (non-hydrogen) atoms. The first kappa shape index (κ1) is 21.5. The number of rotatable bonds is 6. The zero-order chi connectivity index (χ0) is 21.2. The number of allylic oxidation sites excluding steroid dienone is 1. The number of carbonyl (C=O) groups excluding carboxylic acids is 1. The summed E-state index contributed by atoms with van der Waals surface area (Å²) in [5.74, 6) is 1.82. The van der Waals surface area contributed by atoms with Crippen molar-refractivity contribution < 1.29 is 4.79 Å². The van der Waals surface area contributed by atoms with E-state index in [2.05, 4.69) is 33.9 Å².